The van der Waals surface area contributed by atoms with Gasteiger partial charge in [-0.1, -0.05) is 57.2 Å². The number of hydrogen-bond donors (Lipinski definition) is 0. The molecule has 0 aromatic rings. The lowest BCUT2D eigenvalue weighted by Crippen LogP contribution is -2.65. The number of nitrogens with zero attached hydrogens (tertiary/aromatic N) is 2. The van der Waals surface area contributed by atoms with Crippen molar-refractivity contribution in [2.75, 3.05) is 26.7 Å². The van der Waals surface area contributed by atoms with Gasteiger partial charge in [0.05, 0.1) is 9.34 Å². The molecule has 4 bridgehead atoms. The number of Topliss-reactive ketones (excluding diaryl/α,β-unsaturated/α-hetero) is 1. The molecule has 2 aliphatic heterocycles. The molecular formula is C29H45IN2O4. The molecule has 2 saturated heterocycles. The van der Waals surface area contributed by atoms with Crippen LogP contribution in [0.2, 0.25) is 0 Å². The van der Waals surface area contributed by atoms with E-state index in [4.69, 9.17) is 4.74 Å². The van der Waals surface area contributed by atoms with Crippen molar-refractivity contribution in [1.29, 1.82) is 0 Å². The third kappa shape index (κ3) is 3.60. The van der Waals surface area contributed by atoms with Crippen LogP contribution < -0.4 is 0 Å². The van der Waals surface area contributed by atoms with E-state index in [0.29, 0.717) is 30.1 Å². The lowest BCUT2D eigenvalue weighted by Gasteiger charge is -2.64. The Balaban J connectivity index is 1.49. The Hall–Kier alpha value is -0.700. The number of ether oxygens (including phenoxy) is 1. The highest BCUT2D eigenvalue weighted by Gasteiger charge is 2.70. The summed E-state index contributed by atoms with van der Waals surface area (Å²) in [6.45, 7) is 16.2. The van der Waals surface area contributed by atoms with E-state index in [-0.39, 0.29) is 28.4 Å². The normalized spacial score (nSPS) is 49.2. The molecular weight excluding hydrogens is 567 g/mol. The maximum Gasteiger partial charge on any atom is 0.416 e. The van der Waals surface area contributed by atoms with E-state index in [9.17, 15) is 14.4 Å². The minimum Gasteiger partial charge on any atom is -0.445 e. The van der Waals surface area contributed by atoms with Gasteiger partial charge in [0.15, 0.2) is 5.78 Å². The number of halogens is 1. The van der Waals surface area contributed by atoms with Gasteiger partial charge >= 0.3 is 6.09 Å². The molecule has 36 heavy (non-hydrogen) atoms. The average Bonchev–Trinajstić information content (AvgIpc) is 3.54. The number of amides is 2. The van der Waals surface area contributed by atoms with Crippen molar-refractivity contribution >= 4 is 40.4 Å². The van der Waals surface area contributed by atoms with Gasteiger partial charge in [-0.25, -0.2) is 4.79 Å². The summed E-state index contributed by atoms with van der Waals surface area (Å²) in [6, 6.07) is 0. The first kappa shape index (κ1) is 26.9. The van der Waals surface area contributed by atoms with Gasteiger partial charge in [-0.15, -0.1) is 0 Å². The summed E-state index contributed by atoms with van der Waals surface area (Å²) in [6.07, 6.45) is 4.84. The summed E-state index contributed by atoms with van der Waals surface area (Å²) < 4.78 is 5.77. The lowest BCUT2D eigenvalue weighted by molar-refractivity contribution is -0.188. The van der Waals surface area contributed by atoms with E-state index in [1.807, 2.05) is 6.92 Å². The van der Waals surface area contributed by atoms with Crippen LogP contribution in [0.5, 0.6) is 0 Å². The highest BCUT2D eigenvalue weighted by molar-refractivity contribution is 14.1. The molecule has 5 rings (SSSR count). The molecule has 7 heteroatoms. The maximum atomic E-state index is 14.2. The smallest absolute Gasteiger partial charge is 0.416 e. The molecule has 2 heterocycles. The summed E-state index contributed by atoms with van der Waals surface area (Å²) in [5.41, 5.74) is -0.767. The van der Waals surface area contributed by atoms with Crippen molar-refractivity contribution in [3.05, 3.63) is 0 Å². The molecule has 202 valence electrons. The summed E-state index contributed by atoms with van der Waals surface area (Å²) in [7, 11) is 1.58. The van der Waals surface area contributed by atoms with Crippen LogP contribution in [-0.4, -0.2) is 63.8 Å². The third-order valence-corrected chi connectivity index (χ3v) is 12.9. The van der Waals surface area contributed by atoms with E-state index in [1.165, 1.54) is 4.90 Å². The van der Waals surface area contributed by atoms with Gasteiger partial charge in [0.2, 0.25) is 5.91 Å². The summed E-state index contributed by atoms with van der Waals surface area (Å²) in [5, 5.41) is 0. The van der Waals surface area contributed by atoms with Crippen LogP contribution in [0.15, 0.2) is 0 Å². The zero-order valence-electron chi connectivity index (χ0n) is 23.2. The Morgan fingerprint density at radius 1 is 1.06 bits per heavy atom. The Morgan fingerprint density at radius 2 is 1.72 bits per heavy atom. The van der Waals surface area contributed by atoms with E-state index >= 15 is 0 Å². The first-order chi connectivity index (χ1) is 16.7. The van der Waals surface area contributed by atoms with Crippen LogP contribution >= 0.6 is 22.6 Å². The Kier molecular flexibility index (Phi) is 6.46. The highest BCUT2D eigenvalue weighted by atomic mass is 127. The molecule has 6 nitrogen and oxygen atoms in total. The second-order valence-corrected chi connectivity index (χ2v) is 16.4. The fourth-order valence-corrected chi connectivity index (χ4v) is 10.8. The summed E-state index contributed by atoms with van der Waals surface area (Å²) in [5.74, 6) is 1.54. The van der Waals surface area contributed by atoms with Crippen molar-refractivity contribution in [3.8, 4) is 0 Å². The minimum atomic E-state index is -0.644. The van der Waals surface area contributed by atoms with Crippen molar-refractivity contribution in [1.82, 2.24) is 9.80 Å². The number of ketones is 1. The zero-order valence-corrected chi connectivity index (χ0v) is 25.4. The molecule has 0 N–H and O–H groups in total. The van der Waals surface area contributed by atoms with Crippen molar-refractivity contribution in [2.45, 2.75) is 89.6 Å². The number of fused-ring (bicyclic) bond motifs is 2. The third-order valence-electron chi connectivity index (χ3n) is 12.0. The van der Waals surface area contributed by atoms with Gasteiger partial charge in [0.25, 0.3) is 0 Å². The second-order valence-electron chi connectivity index (χ2n) is 14.0. The topological polar surface area (TPSA) is 66.9 Å². The molecule has 5 aliphatic rings. The van der Waals surface area contributed by atoms with Crippen LogP contribution in [0.1, 0.15) is 80.1 Å². The molecule has 0 aromatic heterocycles. The summed E-state index contributed by atoms with van der Waals surface area (Å²) in [4.78, 5) is 44.7. The van der Waals surface area contributed by atoms with Crippen LogP contribution in [0.4, 0.5) is 4.79 Å². The first-order valence-corrected chi connectivity index (χ1v) is 15.2. The molecule has 0 radical (unpaired) electrons. The molecule has 0 spiro atoms. The Labute approximate surface area is 230 Å². The van der Waals surface area contributed by atoms with E-state index in [1.54, 1.807) is 7.05 Å². The average molecular weight is 613 g/mol. The van der Waals surface area contributed by atoms with Gasteiger partial charge < -0.3 is 9.64 Å². The molecule has 2 amide bonds. The lowest BCUT2D eigenvalue weighted by atomic mass is 9.41. The second kappa shape index (κ2) is 8.65. The number of imide groups is 1. The molecule has 5 fully saturated rings. The predicted octanol–water partition coefficient (Wildman–Crippen LogP) is 5.56. The summed E-state index contributed by atoms with van der Waals surface area (Å²) >= 11 is 2.32. The van der Waals surface area contributed by atoms with Crippen molar-refractivity contribution < 1.29 is 19.1 Å². The van der Waals surface area contributed by atoms with Crippen LogP contribution in [0.25, 0.3) is 0 Å². The largest absolute Gasteiger partial charge is 0.445 e. The SMILES string of the molecule is CC1CCC23CC[C@@H](C)[C@](C)([C@H]12)[C@H](OC(=O)N(C)C(=O)C1CN2CC[C@@H]1C2)C[C@@](C)(I)C(=O)C3(C)C. The number of piperidine rings is 1. The standard InChI is InChI=1S/C29H45IN2O4/c1-17-8-11-29-12-9-18(2)28(6,22(17)29)21(14-27(5,30)24(34)26(29,3)4)36-25(35)31(7)23(33)20-16-32-13-10-19(20)15-32/h17-22H,8-16H2,1-7H3/t17?,18-,19-,20?,21-,22+,27-,28+,29?/m1/s1. The quantitative estimate of drug-likeness (QED) is 0.302. The highest BCUT2D eigenvalue weighted by Crippen LogP contribution is 2.72. The van der Waals surface area contributed by atoms with Crippen LogP contribution in [0, 0.1) is 45.8 Å². The van der Waals surface area contributed by atoms with Crippen molar-refractivity contribution in [3.63, 3.8) is 0 Å². The Morgan fingerprint density at radius 3 is 2.33 bits per heavy atom. The van der Waals surface area contributed by atoms with Gasteiger partial charge in [0.1, 0.15) is 6.10 Å². The Bertz CT molecular complexity index is 965. The monoisotopic (exact) mass is 612 g/mol. The fraction of sp³-hybridized carbons (Fsp3) is 0.897. The number of alkyl halides is 1. The van der Waals surface area contributed by atoms with E-state index < -0.39 is 21.0 Å². The van der Waals surface area contributed by atoms with Gasteiger partial charge in [-0.05, 0) is 74.7 Å². The molecule has 3 saturated carbocycles. The fourth-order valence-electron chi connectivity index (χ4n) is 9.77. The molecule has 3 aliphatic carbocycles. The number of rotatable bonds is 2. The number of hydrogen-bond acceptors (Lipinski definition) is 5. The van der Waals surface area contributed by atoms with E-state index in [2.05, 4.69) is 62.1 Å². The van der Waals surface area contributed by atoms with Gasteiger partial charge in [0, 0.05) is 37.4 Å². The number of carbonyl (C=O) groups is 3. The molecule has 10 atom stereocenters. The first-order valence-electron chi connectivity index (χ1n) is 14.1. The van der Waals surface area contributed by atoms with E-state index in [0.717, 1.165) is 51.7 Å². The molecule has 4 unspecified atom stereocenters. The van der Waals surface area contributed by atoms with Gasteiger partial charge in [-0.2, -0.15) is 0 Å². The van der Waals surface area contributed by atoms with Crippen LogP contribution in [-0.2, 0) is 14.3 Å². The minimum absolute atomic E-state index is 0.0818. The van der Waals surface area contributed by atoms with Crippen LogP contribution in [0.3, 0.4) is 0 Å². The predicted molar refractivity (Wildman–Crippen MR) is 148 cm³/mol. The molecule has 0 aromatic carbocycles. The maximum absolute atomic E-state index is 14.2. The van der Waals surface area contributed by atoms with Crippen molar-refractivity contribution in [2.24, 2.45) is 45.8 Å². The number of carbonyl (C=O) groups excluding carboxylic acids is 3. The zero-order chi connectivity index (χ0) is 26.4. The van der Waals surface area contributed by atoms with Gasteiger partial charge in [-0.3, -0.25) is 14.5 Å².